The van der Waals surface area contributed by atoms with E-state index in [1.54, 1.807) is 13.0 Å². The molecule has 1 aromatic carbocycles. The van der Waals surface area contributed by atoms with Gasteiger partial charge < -0.3 is 10.2 Å². The number of aryl methyl sites for hydroxylation is 1. The van der Waals surface area contributed by atoms with Crippen molar-refractivity contribution >= 4 is 5.52 Å². The highest BCUT2D eigenvalue weighted by Crippen LogP contribution is 2.40. The molecule has 30 heavy (non-hydrogen) atoms. The molecule has 2 heterocycles. The highest BCUT2D eigenvalue weighted by Gasteiger charge is 2.28. The molecule has 0 amide bonds. The highest BCUT2D eigenvalue weighted by molar-refractivity contribution is 5.61. The zero-order valence-corrected chi connectivity index (χ0v) is 17.5. The van der Waals surface area contributed by atoms with E-state index in [0.717, 1.165) is 29.6 Å². The third-order valence-corrected chi connectivity index (χ3v) is 6.37. The van der Waals surface area contributed by atoms with Crippen LogP contribution in [0.25, 0.3) is 5.52 Å². The quantitative estimate of drug-likeness (QED) is 0.582. The Morgan fingerprint density at radius 1 is 1.27 bits per heavy atom. The van der Waals surface area contributed by atoms with E-state index in [4.69, 9.17) is 5.10 Å². The molecule has 0 spiro atoms. The first-order chi connectivity index (χ1) is 14.5. The van der Waals surface area contributed by atoms with Gasteiger partial charge in [0.15, 0.2) is 0 Å². The summed E-state index contributed by atoms with van der Waals surface area (Å²) in [5.41, 5.74) is 3.84. The Balaban J connectivity index is 1.43. The van der Waals surface area contributed by atoms with Crippen LogP contribution in [-0.2, 0) is 12.0 Å². The summed E-state index contributed by atoms with van der Waals surface area (Å²) < 4.78 is 1.89. The van der Waals surface area contributed by atoms with E-state index in [1.165, 1.54) is 24.8 Å². The Morgan fingerprint density at radius 2 is 2.03 bits per heavy atom. The van der Waals surface area contributed by atoms with Gasteiger partial charge in [-0.15, -0.1) is 0 Å². The average Bonchev–Trinajstić information content (AvgIpc) is 3.04. The number of nitrogens with zero attached hydrogens (tertiary/aromatic N) is 3. The molecule has 2 aromatic heterocycles. The predicted molar refractivity (Wildman–Crippen MR) is 116 cm³/mol. The van der Waals surface area contributed by atoms with Gasteiger partial charge in [0.2, 0.25) is 0 Å². The van der Waals surface area contributed by atoms with E-state index in [0.29, 0.717) is 24.3 Å². The first-order valence-electron chi connectivity index (χ1n) is 10.8. The third-order valence-electron chi connectivity index (χ3n) is 6.37. The summed E-state index contributed by atoms with van der Waals surface area (Å²) in [5.74, 6) is 0.523. The number of rotatable bonds is 8. The highest BCUT2D eigenvalue weighted by atomic mass is 16.3. The van der Waals surface area contributed by atoms with E-state index in [-0.39, 0.29) is 0 Å². The van der Waals surface area contributed by atoms with Crippen molar-refractivity contribution in [2.24, 2.45) is 0 Å². The monoisotopic (exact) mass is 403 g/mol. The minimum atomic E-state index is -1.05. The lowest BCUT2D eigenvalue weighted by molar-refractivity contribution is -0.00279. The molecule has 1 fully saturated rings. The summed E-state index contributed by atoms with van der Waals surface area (Å²) in [6.07, 6.45) is 7.41. The van der Waals surface area contributed by atoms with Crippen LogP contribution in [0.2, 0.25) is 0 Å². The minimum absolute atomic E-state index is 0.309. The van der Waals surface area contributed by atoms with Crippen molar-refractivity contribution in [1.82, 2.24) is 9.61 Å². The summed E-state index contributed by atoms with van der Waals surface area (Å²) in [6.45, 7) is 1.76. The number of fused-ring (bicyclic) bond motifs is 1. The second kappa shape index (κ2) is 8.59. The Bertz CT molecular complexity index is 1050. The van der Waals surface area contributed by atoms with Gasteiger partial charge in [-0.2, -0.15) is 10.4 Å². The number of aliphatic hydroxyl groups is 2. The van der Waals surface area contributed by atoms with Crippen molar-refractivity contribution < 1.29 is 10.2 Å². The lowest BCUT2D eigenvalue weighted by Crippen LogP contribution is -2.27. The van der Waals surface area contributed by atoms with Gasteiger partial charge >= 0.3 is 0 Å². The number of nitriles is 1. The number of pyridine rings is 1. The molecule has 5 heteroatoms. The maximum absolute atomic E-state index is 10.8. The SMILES string of the molecule is C[C@](O)(CC(O)CCCc1nn2ccc(C#N)cc2c1C1CCC1)c1ccccc1. The van der Waals surface area contributed by atoms with Crippen LogP contribution in [0.1, 0.15) is 73.8 Å². The van der Waals surface area contributed by atoms with Crippen LogP contribution in [-0.4, -0.2) is 25.9 Å². The molecule has 0 aliphatic heterocycles. The maximum atomic E-state index is 10.8. The van der Waals surface area contributed by atoms with Crippen LogP contribution in [0.15, 0.2) is 48.7 Å². The minimum Gasteiger partial charge on any atom is -0.393 e. The normalized spacial score (nSPS) is 17.3. The largest absolute Gasteiger partial charge is 0.393 e. The molecule has 2 atom stereocenters. The van der Waals surface area contributed by atoms with Gasteiger partial charge in [0.25, 0.3) is 0 Å². The molecule has 1 unspecified atom stereocenters. The molecule has 1 aliphatic rings. The number of aliphatic hydroxyl groups excluding tert-OH is 1. The Kier molecular flexibility index (Phi) is 5.90. The van der Waals surface area contributed by atoms with Crippen molar-refractivity contribution in [3.63, 3.8) is 0 Å². The molecule has 156 valence electrons. The number of hydrogen-bond acceptors (Lipinski definition) is 4. The van der Waals surface area contributed by atoms with Crippen molar-refractivity contribution in [1.29, 1.82) is 5.26 Å². The smallest absolute Gasteiger partial charge is 0.0992 e. The molecule has 3 aromatic rings. The molecule has 4 rings (SSSR count). The molecule has 0 bridgehead atoms. The number of hydrogen-bond donors (Lipinski definition) is 2. The number of benzene rings is 1. The lowest BCUT2D eigenvalue weighted by atomic mass is 9.78. The van der Waals surface area contributed by atoms with E-state index in [9.17, 15) is 15.5 Å². The van der Waals surface area contributed by atoms with Crippen molar-refractivity contribution in [2.45, 2.75) is 69.5 Å². The Labute approximate surface area is 177 Å². The molecule has 1 aliphatic carbocycles. The fourth-order valence-electron chi connectivity index (χ4n) is 4.49. The van der Waals surface area contributed by atoms with Gasteiger partial charge in [0, 0.05) is 18.2 Å². The molecular weight excluding hydrogens is 374 g/mol. The van der Waals surface area contributed by atoms with Crippen molar-refractivity contribution in [2.75, 3.05) is 0 Å². The van der Waals surface area contributed by atoms with E-state index in [1.807, 2.05) is 47.1 Å². The number of aromatic nitrogens is 2. The van der Waals surface area contributed by atoms with Crippen LogP contribution in [0.4, 0.5) is 0 Å². The van der Waals surface area contributed by atoms with Gasteiger partial charge in [-0.3, -0.25) is 0 Å². The van der Waals surface area contributed by atoms with Gasteiger partial charge in [-0.25, -0.2) is 4.52 Å². The molecule has 5 nitrogen and oxygen atoms in total. The topological polar surface area (TPSA) is 81.6 Å². The third kappa shape index (κ3) is 4.26. The van der Waals surface area contributed by atoms with Gasteiger partial charge in [0.1, 0.15) is 0 Å². The van der Waals surface area contributed by atoms with Crippen LogP contribution < -0.4 is 0 Å². The van der Waals surface area contributed by atoms with Crippen LogP contribution in [0, 0.1) is 11.3 Å². The fraction of sp³-hybridized carbons (Fsp3) is 0.440. The summed E-state index contributed by atoms with van der Waals surface area (Å²) in [6, 6.07) is 15.5. The van der Waals surface area contributed by atoms with Crippen LogP contribution in [0.3, 0.4) is 0 Å². The maximum Gasteiger partial charge on any atom is 0.0992 e. The van der Waals surface area contributed by atoms with Gasteiger partial charge in [-0.1, -0.05) is 36.8 Å². The average molecular weight is 404 g/mol. The lowest BCUT2D eigenvalue weighted by Gasteiger charge is -2.27. The van der Waals surface area contributed by atoms with E-state index in [2.05, 4.69) is 6.07 Å². The van der Waals surface area contributed by atoms with Crippen molar-refractivity contribution in [3.8, 4) is 6.07 Å². The fourth-order valence-corrected chi connectivity index (χ4v) is 4.49. The molecular formula is C25H29N3O2. The molecule has 1 saturated carbocycles. The van der Waals surface area contributed by atoms with Gasteiger partial charge in [-0.05, 0) is 62.6 Å². The Morgan fingerprint density at radius 3 is 2.70 bits per heavy atom. The summed E-state index contributed by atoms with van der Waals surface area (Å²) in [7, 11) is 0. The Hall–Kier alpha value is -2.68. The van der Waals surface area contributed by atoms with Crippen molar-refractivity contribution in [3.05, 3.63) is 71.0 Å². The predicted octanol–water partition coefficient (Wildman–Crippen LogP) is 4.45. The van der Waals surface area contributed by atoms with Crippen LogP contribution >= 0.6 is 0 Å². The zero-order valence-electron chi connectivity index (χ0n) is 17.5. The standard InChI is InChI=1S/C25H29N3O2/c1-25(30,20-9-3-2-4-10-20)16-21(29)11-6-12-22-24(19-7-5-8-19)23-15-18(17-26)13-14-28(23)27-22/h2-4,9-10,13-15,19,21,29-30H,5-8,11-12,16H2,1H3/t21?,25-/m0/s1. The summed E-state index contributed by atoms with van der Waals surface area (Å²) in [5, 5.41) is 35.4. The first-order valence-corrected chi connectivity index (χ1v) is 10.8. The van der Waals surface area contributed by atoms with E-state index < -0.39 is 11.7 Å². The first kappa shape index (κ1) is 20.6. The van der Waals surface area contributed by atoms with Crippen LogP contribution in [0.5, 0.6) is 0 Å². The van der Waals surface area contributed by atoms with E-state index >= 15 is 0 Å². The summed E-state index contributed by atoms with van der Waals surface area (Å²) in [4.78, 5) is 0. The van der Waals surface area contributed by atoms with Gasteiger partial charge in [0.05, 0.1) is 34.5 Å². The molecule has 2 N–H and O–H groups in total. The summed E-state index contributed by atoms with van der Waals surface area (Å²) >= 11 is 0. The molecule has 0 saturated heterocycles. The second-order valence-electron chi connectivity index (χ2n) is 8.74. The second-order valence-corrected chi connectivity index (χ2v) is 8.74. The molecule has 0 radical (unpaired) electrons. The zero-order chi connectivity index (χ0) is 21.1.